The van der Waals surface area contributed by atoms with Crippen molar-refractivity contribution in [1.29, 1.82) is 21.0 Å². The summed E-state index contributed by atoms with van der Waals surface area (Å²) in [6.45, 7) is 0. The van der Waals surface area contributed by atoms with E-state index < -0.39 is 0 Å². The highest BCUT2D eigenvalue weighted by Gasteiger charge is 2.11. The first kappa shape index (κ1) is 25.8. The van der Waals surface area contributed by atoms with E-state index in [0.29, 0.717) is 10.4 Å². The quantitative estimate of drug-likeness (QED) is 0.189. The minimum Gasteiger partial charge on any atom is -0.192 e. The molecular formula is C38H20N4. The fourth-order valence-corrected chi connectivity index (χ4v) is 5.52. The molecule has 0 atom stereocenters. The Kier molecular flexibility index (Phi) is 6.73. The summed E-state index contributed by atoms with van der Waals surface area (Å²) in [5.74, 6) is 0. The highest BCUT2D eigenvalue weighted by molar-refractivity contribution is 6.32. The van der Waals surface area contributed by atoms with Crippen molar-refractivity contribution < 1.29 is 0 Å². The van der Waals surface area contributed by atoms with Crippen LogP contribution in [-0.4, -0.2) is 0 Å². The van der Waals surface area contributed by atoms with Crippen LogP contribution in [0.4, 0.5) is 0 Å². The highest BCUT2D eigenvalue weighted by Crippen LogP contribution is 2.39. The molecule has 0 radical (unpaired) electrons. The second-order valence-electron chi connectivity index (χ2n) is 9.77. The van der Waals surface area contributed by atoms with E-state index in [1.165, 1.54) is 78.1 Å². The lowest BCUT2D eigenvalue weighted by Crippen LogP contribution is -2.11. The average Bonchev–Trinajstić information content (AvgIpc) is 3.06. The van der Waals surface area contributed by atoms with E-state index in [1.54, 1.807) is 24.3 Å². The fourth-order valence-electron chi connectivity index (χ4n) is 5.52. The number of hydrogen-bond donors (Lipinski definition) is 0. The van der Waals surface area contributed by atoms with Gasteiger partial charge in [-0.3, -0.25) is 0 Å². The van der Waals surface area contributed by atoms with Crippen molar-refractivity contribution in [1.82, 2.24) is 0 Å². The van der Waals surface area contributed by atoms with Gasteiger partial charge in [-0.25, -0.2) is 0 Å². The molecule has 4 heteroatoms. The molecule has 0 spiro atoms. The van der Waals surface area contributed by atoms with Gasteiger partial charge >= 0.3 is 0 Å². The summed E-state index contributed by atoms with van der Waals surface area (Å²) in [5.41, 5.74) is 0.00373. The maximum atomic E-state index is 8.63. The molecule has 0 fully saturated rings. The molecule has 7 rings (SSSR count). The predicted molar refractivity (Wildman–Crippen MR) is 169 cm³/mol. The average molecular weight is 533 g/mol. The smallest absolute Gasteiger partial charge is 0.136 e. The van der Waals surface area contributed by atoms with Crippen molar-refractivity contribution in [3.8, 4) is 24.3 Å². The van der Waals surface area contributed by atoms with Gasteiger partial charge in [-0.1, -0.05) is 121 Å². The Hall–Kier alpha value is -6.46. The van der Waals surface area contributed by atoms with Crippen molar-refractivity contribution in [2.24, 2.45) is 0 Å². The van der Waals surface area contributed by atoms with Crippen LogP contribution in [0.3, 0.4) is 0 Å². The van der Waals surface area contributed by atoms with Crippen LogP contribution in [0.1, 0.15) is 0 Å². The second-order valence-corrected chi connectivity index (χ2v) is 9.77. The standard InChI is InChI=1S/C26H16.C12H4N4/c1-3-7-22-17(5-1)9-11-19-13-15-21-16-14-20-12-10-18-6-2-4-8-23(18)25(20)26(21)24(19)22;13-5-11(6-14)9-1-2-10(4-3-9)12(7-15)8-16/h1-16H;1-4H. The van der Waals surface area contributed by atoms with Crippen molar-refractivity contribution in [3.63, 3.8) is 0 Å². The summed E-state index contributed by atoms with van der Waals surface area (Å²) in [4.78, 5) is 0. The van der Waals surface area contributed by atoms with E-state index in [2.05, 4.69) is 97.1 Å². The Balaban J connectivity index is 0.000000171. The Bertz CT molecular complexity index is 2270. The zero-order chi connectivity index (χ0) is 29.1. The van der Waals surface area contributed by atoms with E-state index in [0.717, 1.165) is 0 Å². The Morgan fingerprint density at radius 1 is 0.333 bits per heavy atom. The molecule has 7 aromatic carbocycles. The van der Waals surface area contributed by atoms with E-state index in [1.807, 2.05) is 0 Å². The topological polar surface area (TPSA) is 95.2 Å². The third-order valence-corrected chi connectivity index (χ3v) is 7.51. The molecule has 0 saturated carbocycles. The van der Waals surface area contributed by atoms with Crippen LogP contribution in [0, 0.1) is 45.3 Å². The van der Waals surface area contributed by atoms with Crippen molar-refractivity contribution in [3.05, 3.63) is 132 Å². The van der Waals surface area contributed by atoms with Crippen LogP contribution in [0.5, 0.6) is 0 Å². The molecular weight excluding hydrogens is 512 g/mol. The molecule has 0 aliphatic heterocycles. The maximum Gasteiger partial charge on any atom is 0.136 e. The van der Waals surface area contributed by atoms with Gasteiger partial charge in [0.25, 0.3) is 0 Å². The molecule has 0 aromatic heterocycles. The summed E-state index contributed by atoms with van der Waals surface area (Å²) in [6.07, 6.45) is 0. The molecule has 0 unspecified atom stereocenters. The van der Waals surface area contributed by atoms with E-state index >= 15 is 0 Å². The van der Waals surface area contributed by atoms with Gasteiger partial charge < -0.3 is 0 Å². The van der Waals surface area contributed by atoms with E-state index in [4.69, 9.17) is 21.0 Å². The first-order chi connectivity index (χ1) is 20.7. The van der Waals surface area contributed by atoms with Gasteiger partial charge in [-0.05, 0) is 53.9 Å². The number of benzene rings is 7. The lowest BCUT2D eigenvalue weighted by molar-refractivity contribution is 1.46. The predicted octanol–water partition coefficient (Wildman–Crippen LogP) is 7.53. The minimum atomic E-state index is 0.00187. The van der Waals surface area contributed by atoms with E-state index in [9.17, 15) is 0 Å². The van der Waals surface area contributed by atoms with Gasteiger partial charge in [-0.2, -0.15) is 21.0 Å². The number of rotatable bonds is 0. The van der Waals surface area contributed by atoms with Crippen molar-refractivity contribution >= 4 is 65.0 Å². The third-order valence-electron chi connectivity index (χ3n) is 7.51. The van der Waals surface area contributed by atoms with Crippen LogP contribution in [0.25, 0.3) is 65.0 Å². The van der Waals surface area contributed by atoms with Crippen LogP contribution >= 0.6 is 0 Å². The molecule has 0 saturated heterocycles. The molecule has 0 heterocycles. The summed E-state index contributed by atoms with van der Waals surface area (Å²) in [5, 5.41) is 48.7. The van der Waals surface area contributed by atoms with Crippen LogP contribution in [0.2, 0.25) is 0 Å². The molecule has 42 heavy (non-hydrogen) atoms. The van der Waals surface area contributed by atoms with Gasteiger partial charge in [0, 0.05) is 10.4 Å². The highest BCUT2D eigenvalue weighted by atomic mass is 14.3. The lowest BCUT2D eigenvalue weighted by atomic mass is 9.91. The monoisotopic (exact) mass is 532 g/mol. The number of fused-ring (bicyclic) bond motifs is 9. The SMILES string of the molecule is N#CC(C#N)=c1ccc(=C(C#N)C#N)cc1.c1ccc2c(c1)ccc1ccc3ccc4ccc5ccccc5c4c3c12. The number of nitrogens with zero attached hydrogens (tertiary/aromatic N) is 4. The Labute approximate surface area is 241 Å². The first-order valence-corrected chi connectivity index (χ1v) is 13.3. The molecule has 0 aliphatic carbocycles. The van der Waals surface area contributed by atoms with E-state index in [-0.39, 0.29) is 11.1 Å². The molecule has 192 valence electrons. The molecule has 0 amide bonds. The zero-order valence-corrected chi connectivity index (χ0v) is 22.3. The largest absolute Gasteiger partial charge is 0.192 e. The molecule has 7 aromatic rings. The summed E-state index contributed by atoms with van der Waals surface area (Å²) in [6, 6.07) is 48.6. The van der Waals surface area contributed by atoms with Crippen molar-refractivity contribution in [2.75, 3.05) is 0 Å². The zero-order valence-electron chi connectivity index (χ0n) is 22.3. The Morgan fingerprint density at radius 3 is 1.00 bits per heavy atom. The normalized spacial score (nSPS) is 10.3. The Morgan fingerprint density at radius 2 is 0.643 bits per heavy atom. The molecule has 4 nitrogen and oxygen atoms in total. The summed E-state index contributed by atoms with van der Waals surface area (Å²) in [7, 11) is 0. The molecule has 0 bridgehead atoms. The van der Waals surface area contributed by atoms with Gasteiger partial charge in [0.2, 0.25) is 0 Å². The van der Waals surface area contributed by atoms with Crippen molar-refractivity contribution in [2.45, 2.75) is 0 Å². The fraction of sp³-hybridized carbons (Fsp3) is 0. The minimum absolute atomic E-state index is 0.00187. The second kappa shape index (κ2) is 11.0. The van der Waals surface area contributed by atoms with Gasteiger partial charge in [0.05, 0.1) is 0 Å². The van der Waals surface area contributed by atoms with Gasteiger partial charge in [-0.15, -0.1) is 0 Å². The lowest BCUT2D eigenvalue weighted by Gasteiger charge is -2.13. The maximum absolute atomic E-state index is 8.63. The summed E-state index contributed by atoms with van der Waals surface area (Å²) >= 11 is 0. The summed E-state index contributed by atoms with van der Waals surface area (Å²) < 4.78 is 0. The molecule has 0 N–H and O–H groups in total. The van der Waals surface area contributed by atoms with Crippen LogP contribution < -0.4 is 10.4 Å². The molecule has 0 aliphatic rings. The van der Waals surface area contributed by atoms with Crippen LogP contribution in [-0.2, 0) is 0 Å². The number of nitriles is 4. The van der Waals surface area contributed by atoms with Gasteiger partial charge in [0.1, 0.15) is 35.4 Å². The first-order valence-electron chi connectivity index (χ1n) is 13.3. The third kappa shape index (κ3) is 4.43. The van der Waals surface area contributed by atoms with Gasteiger partial charge in [0.15, 0.2) is 0 Å². The van der Waals surface area contributed by atoms with Crippen LogP contribution in [0.15, 0.2) is 121 Å². The number of hydrogen-bond acceptors (Lipinski definition) is 4.